The lowest BCUT2D eigenvalue weighted by molar-refractivity contribution is -0.137. The first-order valence-electron chi connectivity index (χ1n) is 9.07. The molecule has 0 aromatic heterocycles. The van der Waals surface area contributed by atoms with Crippen molar-refractivity contribution in [3.63, 3.8) is 0 Å². The molecule has 9 heteroatoms. The molecular formula is C21H23F3N2O4. The van der Waals surface area contributed by atoms with Crippen LogP contribution in [0.4, 0.5) is 18.0 Å². The van der Waals surface area contributed by atoms with Gasteiger partial charge in [-0.3, -0.25) is 4.79 Å². The maximum atomic E-state index is 12.8. The van der Waals surface area contributed by atoms with E-state index in [1.807, 2.05) is 0 Å². The molecule has 2 aromatic rings. The number of nitrogens with one attached hydrogen (secondary N) is 1. The standard InChI is InChI=1S/C21H23F3N2O4/c1-20(2,3)30-19(28)26-8-9-29-17-11-14(10-15(12-17)18(25)27)13-4-6-16(7-5-13)21(22,23)24/h4-7,10-12H,8-9H2,1-3H3,(H2,25,27)(H,26,28). The molecule has 0 aliphatic heterocycles. The molecule has 0 saturated heterocycles. The van der Waals surface area contributed by atoms with Gasteiger partial charge in [-0.15, -0.1) is 0 Å². The molecule has 0 bridgehead atoms. The lowest BCUT2D eigenvalue weighted by Crippen LogP contribution is -2.34. The van der Waals surface area contributed by atoms with Crippen LogP contribution >= 0.6 is 0 Å². The first kappa shape index (κ1) is 23.1. The van der Waals surface area contributed by atoms with Crippen LogP contribution in [0.1, 0.15) is 36.7 Å². The van der Waals surface area contributed by atoms with Crippen molar-refractivity contribution < 1.29 is 32.2 Å². The minimum atomic E-state index is -4.44. The van der Waals surface area contributed by atoms with Gasteiger partial charge in [0.2, 0.25) is 5.91 Å². The Morgan fingerprint density at radius 3 is 2.17 bits per heavy atom. The molecule has 0 fully saturated rings. The zero-order valence-electron chi connectivity index (χ0n) is 16.8. The molecule has 0 radical (unpaired) electrons. The van der Waals surface area contributed by atoms with Gasteiger partial charge in [-0.1, -0.05) is 12.1 Å². The topological polar surface area (TPSA) is 90.7 Å². The summed E-state index contributed by atoms with van der Waals surface area (Å²) >= 11 is 0. The van der Waals surface area contributed by atoms with E-state index in [0.717, 1.165) is 12.1 Å². The highest BCUT2D eigenvalue weighted by atomic mass is 19.4. The predicted molar refractivity (Wildman–Crippen MR) is 105 cm³/mol. The van der Waals surface area contributed by atoms with Crippen molar-refractivity contribution in [3.05, 3.63) is 53.6 Å². The van der Waals surface area contributed by atoms with Crippen molar-refractivity contribution in [2.24, 2.45) is 5.73 Å². The summed E-state index contributed by atoms with van der Waals surface area (Å²) in [5.41, 5.74) is 5.01. The van der Waals surface area contributed by atoms with Gasteiger partial charge in [-0.25, -0.2) is 4.79 Å². The smallest absolute Gasteiger partial charge is 0.416 e. The predicted octanol–water partition coefficient (Wildman–Crippen LogP) is 4.37. The van der Waals surface area contributed by atoms with E-state index in [9.17, 15) is 22.8 Å². The number of carbonyl (C=O) groups excluding carboxylic acids is 2. The molecular weight excluding hydrogens is 401 g/mol. The first-order chi connectivity index (χ1) is 13.8. The van der Waals surface area contributed by atoms with E-state index < -0.39 is 29.3 Å². The average Bonchev–Trinajstić information content (AvgIpc) is 2.63. The van der Waals surface area contributed by atoms with E-state index in [4.69, 9.17) is 15.2 Å². The van der Waals surface area contributed by atoms with Crippen molar-refractivity contribution >= 4 is 12.0 Å². The number of primary amides is 1. The Morgan fingerprint density at radius 1 is 1.00 bits per heavy atom. The van der Waals surface area contributed by atoms with E-state index in [-0.39, 0.29) is 24.5 Å². The Kier molecular flexibility index (Phi) is 6.96. The van der Waals surface area contributed by atoms with E-state index in [1.54, 1.807) is 26.8 Å². The fourth-order valence-electron chi connectivity index (χ4n) is 2.48. The van der Waals surface area contributed by atoms with Crippen molar-refractivity contribution in [2.45, 2.75) is 32.5 Å². The number of halogens is 3. The van der Waals surface area contributed by atoms with Crippen LogP contribution in [0.25, 0.3) is 11.1 Å². The Hall–Kier alpha value is -3.23. The highest BCUT2D eigenvalue weighted by molar-refractivity contribution is 5.94. The van der Waals surface area contributed by atoms with Gasteiger partial charge in [0.15, 0.2) is 0 Å². The summed E-state index contributed by atoms with van der Waals surface area (Å²) in [4.78, 5) is 23.2. The van der Waals surface area contributed by atoms with Gasteiger partial charge in [-0.05, 0) is 62.2 Å². The number of alkyl carbamates (subject to hydrolysis) is 1. The van der Waals surface area contributed by atoms with E-state index in [1.165, 1.54) is 24.3 Å². The summed E-state index contributed by atoms with van der Waals surface area (Å²) in [7, 11) is 0. The fourth-order valence-corrected chi connectivity index (χ4v) is 2.48. The number of rotatable bonds is 6. The van der Waals surface area contributed by atoms with Crippen molar-refractivity contribution in [2.75, 3.05) is 13.2 Å². The quantitative estimate of drug-likeness (QED) is 0.674. The molecule has 30 heavy (non-hydrogen) atoms. The zero-order chi connectivity index (χ0) is 22.5. The average molecular weight is 424 g/mol. The van der Waals surface area contributed by atoms with E-state index in [2.05, 4.69) is 5.32 Å². The number of hydrogen-bond acceptors (Lipinski definition) is 4. The maximum absolute atomic E-state index is 12.8. The Labute approximate surface area is 172 Å². The number of alkyl halides is 3. The molecule has 6 nitrogen and oxygen atoms in total. The van der Waals surface area contributed by atoms with Crippen molar-refractivity contribution in [1.82, 2.24) is 5.32 Å². The van der Waals surface area contributed by atoms with Gasteiger partial charge in [-0.2, -0.15) is 13.2 Å². The summed E-state index contributed by atoms with van der Waals surface area (Å²) in [5, 5.41) is 2.53. The number of nitrogens with two attached hydrogens (primary N) is 1. The SMILES string of the molecule is CC(C)(C)OC(=O)NCCOc1cc(C(N)=O)cc(-c2ccc(C(F)(F)F)cc2)c1. The lowest BCUT2D eigenvalue weighted by atomic mass is 10.0. The van der Waals surface area contributed by atoms with Crippen LogP contribution in [-0.4, -0.2) is 30.8 Å². The Balaban J connectivity index is 2.11. The minimum Gasteiger partial charge on any atom is -0.492 e. The summed E-state index contributed by atoms with van der Waals surface area (Å²) < 4.78 is 48.9. The van der Waals surface area contributed by atoms with Crippen LogP contribution < -0.4 is 15.8 Å². The van der Waals surface area contributed by atoms with Crippen LogP contribution in [0, 0.1) is 0 Å². The normalized spacial score (nSPS) is 11.7. The highest BCUT2D eigenvalue weighted by Gasteiger charge is 2.30. The van der Waals surface area contributed by atoms with E-state index >= 15 is 0 Å². The largest absolute Gasteiger partial charge is 0.492 e. The zero-order valence-corrected chi connectivity index (χ0v) is 16.8. The summed E-state index contributed by atoms with van der Waals surface area (Å²) in [5.74, 6) is -0.423. The molecule has 2 rings (SSSR count). The molecule has 0 unspecified atom stereocenters. The summed E-state index contributed by atoms with van der Waals surface area (Å²) in [6.45, 7) is 5.43. The lowest BCUT2D eigenvalue weighted by Gasteiger charge is -2.19. The minimum absolute atomic E-state index is 0.0773. The monoisotopic (exact) mass is 424 g/mol. The van der Waals surface area contributed by atoms with Crippen molar-refractivity contribution in [1.29, 1.82) is 0 Å². The molecule has 3 N–H and O–H groups in total. The van der Waals surface area contributed by atoms with Crippen LogP contribution in [0.5, 0.6) is 5.75 Å². The van der Waals surface area contributed by atoms with Crippen LogP contribution in [0.3, 0.4) is 0 Å². The molecule has 0 aliphatic carbocycles. The van der Waals surface area contributed by atoms with Gasteiger partial charge in [0.25, 0.3) is 0 Å². The fraction of sp³-hybridized carbons (Fsp3) is 0.333. The second-order valence-electron chi connectivity index (χ2n) is 7.46. The molecule has 2 aromatic carbocycles. The second kappa shape index (κ2) is 9.06. The third-order valence-electron chi connectivity index (χ3n) is 3.78. The number of amides is 2. The third kappa shape index (κ3) is 6.98. The third-order valence-corrected chi connectivity index (χ3v) is 3.78. The summed E-state index contributed by atoms with van der Waals surface area (Å²) in [6, 6.07) is 8.98. The number of carbonyl (C=O) groups is 2. The highest BCUT2D eigenvalue weighted by Crippen LogP contribution is 2.32. The molecule has 0 spiro atoms. The maximum Gasteiger partial charge on any atom is 0.416 e. The van der Waals surface area contributed by atoms with Gasteiger partial charge in [0, 0.05) is 5.56 Å². The molecule has 0 saturated carbocycles. The van der Waals surface area contributed by atoms with Gasteiger partial charge in [0.1, 0.15) is 18.0 Å². The molecule has 2 amide bonds. The molecule has 0 aliphatic rings. The van der Waals surface area contributed by atoms with Crippen LogP contribution in [0.2, 0.25) is 0 Å². The first-order valence-corrected chi connectivity index (χ1v) is 9.07. The summed E-state index contributed by atoms with van der Waals surface area (Å²) in [6.07, 6.45) is -5.04. The number of ether oxygens (including phenoxy) is 2. The molecule has 0 atom stereocenters. The molecule has 162 valence electrons. The number of hydrogen-bond donors (Lipinski definition) is 2. The van der Waals surface area contributed by atoms with Crippen molar-refractivity contribution in [3.8, 4) is 16.9 Å². The Bertz CT molecular complexity index is 904. The van der Waals surface area contributed by atoms with Gasteiger partial charge in [0.05, 0.1) is 12.1 Å². The van der Waals surface area contributed by atoms with Gasteiger partial charge >= 0.3 is 12.3 Å². The van der Waals surface area contributed by atoms with Crippen LogP contribution in [0.15, 0.2) is 42.5 Å². The Morgan fingerprint density at radius 2 is 1.63 bits per heavy atom. The molecule has 0 heterocycles. The van der Waals surface area contributed by atoms with Gasteiger partial charge < -0.3 is 20.5 Å². The number of benzene rings is 2. The second-order valence-corrected chi connectivity index (χ2v) is 7.46. The van der Waals surface area contributed by atoms with Crippen LogP contribution in [-0.2, 0) is 10.9 Å². The van der Waals surface area contributed by atoms with E-state index in [0.29, 0.717) is 11.1 Å².